The van der Waals surface area contributed by atoms with Crippen molar-refractivity contribution in [3.8, 4) is 0 Å². The number of Topliss-reactive ketones (excluding diaryl/α,β-unsaturated/α-hetero) is 1. The van der Waals surface area contributed by atoms with E-state index in [1.165, 1.54) is 19.4 Å². The van der Waals surface area contributed by atoms with Gasteiger partial charge in [0.2, 0.25) is 23.6 Å². The van der Waals surface area contributed by atoms with Gasteiger partial charge in [0.1, 0.15) is 30.2 Å². The first-order chi connectivity index (χ1) is 26.8. The van der Waals surface area contributed by atoms with Crippen LogP contribution in [0.4, 0.5) is 0 Å². The number of nitrogens with one attached hydrogen (secondary N) is 4. The van der Waals surface area contributed by atoms with Gasteiger partial charge in [-0.15, -0.1) is 0 Å². The highest BCUT2D eigenvalue weighted by molar-refractivity contribution is 6.06. The van der Waals surface area contributed by atoms with Gasteiger partial charge >= 0.3 is 17.9 Å². The molecule has 1 aliphatic heterocycles. The Bertz CT molecular complexity index is 1730. The van der Waals surface area contributed by atoms with E-state index in [0.717, 1.165) is 42.5 Å². The molecule has 0 spiro atoms. The zero-order chi connectivity index (χ0) is 42.6. The number of ketones is 1. The van der Waals surface area contributed by atoms with Crippen LogP contribution in [0.5, 0.6) is 0 Å². The van der Waals surface area contributed by atoms with E-state index in [1.54, 1.807) is 34.6 Å². The number of hydrogen-bond acceptors (Lipinski definition) is 11. The highest BCUT2D eigenvalue weighted by atomic mass is 16.5. The second-order valence-corrected chi connectivity index (χ2v) is 15.7. The summed E-state index contributed by atoms with van der Waals surface area (Å²) in [5.41, 5.74) is -1.74. The Morgan fingerprint density at radius 1 is 0.947 bits per heavy atom. The minimum absolute atomic E-state index is 0.0606. The number of hydrogen-bond donors (Lipinski definition) is 6. The standard InChI is InChI=1S/C39H54N6O12/c1-21(2)29(35(51)43-30(38(55)56)22-12-8-7-9-13-22)42-34(50)27-18-23(46)20-45(27)36(52)31(39(3,4)5)44-33(49)26(14-10-11-15-28(47)57-6)41-32(48)24-16-17-40-19-25(24)37(53)54/h11,15-17,19,21-22,26-27,29-31H,7-10,12-14,18,20H2,1-6H3,(H,41,48)(H,42,50)(H,43,51)(H,44,49)(H,53,54)(H,55,56)/b15-11+/t26-,27-,29-,30-,31+/m0/s1. The quantitative estimate of drug-likeness (QED) is 0.0962. The van der Waals surface area contributed by atoms with Crippen molar-refractivity contribution in [1.82, 2.24) is 31.2 Å². The summed E-state index contributed by atoms with van der Waals surface area (Å²) in [7, 11) is 1.18. The molecule has 3 rings (SSSR count). The number of carbonyl (C=O) groups excluding carboxylic acids is 7. The number of carboxylic acid groups (broad SMARTS) is 2. The number of amides is 5. The van der Waals surface area contributed by atoms with Gasteiger partial charge in [-0.25, -0.2) is 14.4 Å². The maximum Gasteiger partial charge on any atom is 0.338 e. The molecule has 0 aromatic carbocycles. The Balaban J connectivity index is 1.85. The average molecular weight is 799 g/mol. The normalized spacial score (nSPS) is 18.3. The summed E-state index contributed by atoms with van der Waals surface area (Å²) >= 11 is 0. The largest absolute Gasteiger partial charge is 0.480 e. The number of aliphatic carboxylic acids is 1. The predicted molar refractivity (Wildman–Crippen MR) is 202 cm³/mol. The maximum atomic E-state index is 14.3. The molecule has 1 aromatic heterocycles. The van der Waals surface area contributed by atoms with Crippen LogP contribution >= 0.6 is 0 Å². The molecule has 5 amide bonds. The first-order valence-corrected chi connectivity index (χ1v) is 19.0. The summed E-state index contributed by atoms with van der Waals surface area (Å²) in [6, 6.07) is -5.30. The fourth-order valence-corrected chi connectivity index (χ4v) is 6.87. The molecule has 0 bridgehead atoms. The first kappa shape index (κ1) is 45.7. The van der Waals surface area contributed by atoms with Crippen molar-refractivity contribution in [2.24, 2.45) is 17.3 Å². The zero-order valence-corrected chi connectivity index (χ0v) is 33.2. The summed E-state index contributed by atoms with van der Waals surface area (Å²) in [4.78, 5) is 122. The molecule has 2 aliphatic rings. The summed E-state index contributed by atoms with van der Waals surface area (Å²) in [6.07, 6.45) is 8.21. The second-order valence-electron chi connectivity index (χ2n) is 15.7. The Hall–Kier alpha value is -5.68. The summed E-state index contributed by atoms with van der Waals surface area (Å²) in [5, 5.41) is 29.9. The van der Waals surface area contributed by atoms with E-state index in [0.29, 0.717) is 12.8 Å². The molecule has 2 fully saturated rings. The fourth-order valence-electron chi connectivity index (χ4n) is 6.87. The molecule has 1 saturated carbocycles. The summed E-state index contributed by atoms with van der Waals surface area (Å²) in [6.45, 7) is 7.75. The molecule has 1 aliphatic carbocycles. The Morgan fingerprint density at radius 3 is 2.19 bits per heavy atom. The molecule has 312 valence electrons. The molecular formula is C39H54N6O12. The van der Waals surface area contributed by atoms with E-state index < -0.39 is 107 Å². The van der Waals surface area contributed by atoms with Crippen molar-refractivity contribution in [2.45, 2.75) is 116 Å². The van der Waals surface area contributed by atoms with Crippen LogP contribution in [0.3, 0.4) is 0 Å². The molecule has 57 heavy (non-hydrogen) atoms. The highest BCUT2D eigenvalue weighted by Crippen LogP contribution is 2.28. The van der Waals surface area contributed by atoms with Crippen molar-refractivity contribution in [3.05, 3.63) is 41.7 Å². The van der Waals surface area contributed by atoms with Crippen LogP contribution in [-0.4, -0.2) is 117 Å². The van der Waals surface area contributed by atoms with E-state index >= 15 is 0 Å². The number of likely N-dealkylation sites (tertiary alicyclic amines) is 1. The molecule has 1 saturated heterocycles. The summed E-state index contributed by atoms with van der Waals surface area (Å²) < 4.78 is 4.58. The van der Waals surface area contributed by atoms with Gasteiger partial charge in [0.15, 0.2) is 5.78 Å². The number of esters is 1. The smallest absolute Gasteiger partial charge is 0.338 e. The van der Waals surface area contributed by atoms with Crippen molar-refractivity contribution < 1.29 is 58.1 Å². The number of nitrogens with zero attached hydrogens (tertiary/aromatic N) is 2. The third kappa shape index (κ3) is 12.7. The van der Waals surface area contributed by atoms with Gasteiger partial charge in [-0.2, -0.15) is 0 Å². The lowest BCUT2D eigenvalue weighted by molar-refractivity contribution is -0.146. The molecule has 18 nitrogen and oxygen atoms in total. The van der Waals surface area contributed by atoms with E-state index in [-0.39, 0.29) is 30.7 Å². The van der Waals surface area contributed by atoms with Crippen LogP contribution < -0.4 is 21.3 Å². The fraction of sp³-hybridized carbons (Fsp3) is 0.590. The van der Waals surface area contributed by atoms with E-state index in [1.807, 2.05) is 0 Å². The zero-order valence-electron chi connectivity index (χ0n) is 33.2. The number of carbonyl (C=O) groups is 9. The van der Waals surface area contributed by atoms with Crippen molar-refractivity contribution in [1.29, 1.82) is 0 Å². The number of rotatable bonds is 17. The van der Waals surface area contributed by atoms with Gasteiger partial charge in [-0.1, -0.05) is 60.0 Å². The van der Waals surface area contributed by atoms with Crippen LogP contribution in [0.2, 0.25) is 0 Å². The second kappa shape index (κ2) is 20.5. The third-order valence-electron chi connectivity index (χ3n) is 10.1. The minimum atomic E-state index is -1.43. The van der Waals surface area contributed by atoms with Crippen molar-refractivity contribution >= 4 is 53.2 Å². The predicted octanol–water partition coefficient (Wildman–Crippen LogP) is 1.38. The number of pyridine rings is 1. The molecular weight excluding hydrogens is 744 g/mol. The van der Waals surface area contributed by atoms with Crippen LogP contribution in [0.1, 0.15) is 107 Å². The van der Waals surface area contributed by atoms with Gasteiger partial charge in [-0.3, -0.25) is 33.8 Å². The Kier molecular flexibility index (Phi) is 16.4. The number of methoxy groups -OCH3 is 1. The molecule has 0 unspecified atom stereocenters. The number of allylic oxidation sites excluding steroid dienone is 1. The van der Waals surface area contributed by atoms with E-state index in [4.69, 9.17) is 0 Å². The number of aromatic carboxylic acids is 1. The van der Waals surface area contributed by atoms with Crippen LogP contribution in [0.15, 0.2) is 30.6 Å². The maximum absolute atomic E-state index is 14.3. The molecule has 18 heteroatoms. The molecule has 1 aromatic rings. The Labute approximate surface area is 330 Å². The lowest BCUT2D eigenvalue weighted by Gasteiger charge is -2.36. The van der Waals surface area contributed by atoms with E-state index in [2.05, 4.69) is 31.0 Å². The summed E-state index contributed by atoms with van der Waals surface area (Å²) in [5.74, 6) is -8.62. The molecule has 5 atom stereocenters. The SMILES string of the molecule is COC(=O)/C=C/CC[C@H](NC(=O)c1ccncc1C(=O)O)C(=O)N[C@H](C(=O)N1CC(=O)C[C@H]1C(=O)N[C@H](C(=O)N[C@H](C(=O)O)C1CCCCC1)C(C)C)C(C)(C)C. The van der Waals surface area contributed by atoms with Gasteiger partial charge in [0.25, 0.3) is 5.91 Å². The van der Waals surface area contributed by atoms with Gasteiger partial charge < -0.3 is 41.1 Å². The van der Waals surface area contributed by atoms with Gasteiger partial charge in [0.05, 0.1) is 24.8 Å². The lowest BCUT2D eigenvalue weighted by Crippen LogP contribution is -2.61. The molecule has 2 heterocycles. The van der Waals surface area contributed by atoms with Crippen LogP contribution in [0.25, 0.3) is 0 Å². The topological polar surface area (TPSA) is 268 Å². The van der Waals surface area contributed by atoms with Crippen molar-refractivity contribution in [2.75, 3.05) is 13.7 Å². The van der Waals surface area contributed by atoms with E-state index in [9.17, 15) is 53.4 Å². The average Bonchev–Trinajstić information content (AvgIpc) is 3.56. The first-order valence-electron chi connectivity index (χ1n) is 19.0. The number of ether oxygens (including phenoxy) is 1. The highest BCUT2D eigenvalue weighted by Gasteiger charge is 2.46. The van der Waals surface area contributed by atoms with Crippen LogP contribution in [0, 0.1) is 17.3 Å². The van der Waals surface area contributed by atoms with Crippen molar-refractivity contribution in [3.63, 3.8) is 0 Å². The molecule has 6 N–H and O–H groups in total. The van der Waals surface area contributed by atoms with Crippen LogP contribution in [-0.2, 0) is 38.3 Å². The Morgan fingerprint density at radius 2 is 1.61 bits per heavy atom. The van der Waals surface area contributed by atoms with Gasteiger partial charge in [0, 0.05) is 24.9 Å². The van der Waals surface area contributed by atoms with Gasteiger partial charge in [-0.05, 0) is 49.0 Å². The number of aromatic nitrogens is 1. The monoisotopic (exact) mass is 798 g/mol. The lowest BCUT2D eigenvalue weighted by atomic mass is 9.83. The molecule has 0 radical (unpaired) electrons. The minimum Gasteiger partial charge on any atom is -0.480 e. The third-order valence-corrected chi connectivity index (χ3v) is 10.1. The number of carboxylic acids is 2.